The number of allylic oxidation sites excluding steroid dienone is 2. The van der Waals surface area contributed by atoms with Crippen molar-refractivity contribution >= 4 is 33.2 Å². The molecule has 210 valence electrons. The van der Waals surface area contributed by atoms with Crippen molar-refractivity contribution in [2.24, 2.45) is 0 Å². The van der Waals surface area contributed by atoms with Crippen molar-refractivity contribution in [1.29, 1.82) is 0 Å². The minimum absolute atomic E-state index is 0. The third-order valence-electron chi connectivity index (χ3n) is 7.52. The number of aromatic nitrogens is 2. The Morgan fingerprint density at radius 2 is 1.71 bits per heavy atom. The molecule has 5 aromatic rings. The van der Waals surface area contributed by atoms with Gasteiger partial charge >= 0.3 is 0 Å². The number of para-hydroxylation sites is 1. The second kappa shape index (κ2) is 10.7. The predicted octanol–water partition coefficient (Wildman–Crippen LogP) is 8.54. The van der Waals surface area contributed by atoms with Gasteiger partial charge in [0, 0.05) is 50.0 Å². The van der Waals surface area contributed by atoms with E-state index in [0.717, 1.165) is 44.7 Å². The van der Waals surface area contributed by atoms with E-state index in [-0.39, 0.29) is 26.5 Å². The van der Waals surface area contributed by atoms with Crippen molar-refractivity contribution in [1.82, 2.24) is 14.5 Å². The number of rotatable bonds is 4. The molecule has 0 spiro atoms. The summed E-state index contributed by atoms with van der Waals surface area (Å²) in [6.45, 7) is 20.4. The Balaban J connectivity index is 0.00000337. The molecule has 0 atom stereocenters. The average Bonchev–Trinajstić information content (AvgIpc) is 3.41. The fourth-order valence-electron chi connectivity index (χ4n) is 5.08. The summed E-state index contributed by atoms with van der Waals surface area (Å²) in [7, 11) is 2.00. The first-order valence-electron chi connectivity index (χ1n) is 13.2. The van der Waals surface area contributed by atoms with Crippen LogP contribution in [0.15, 0.2) is 78.3 Å². The molecule has 0 amide bonds. The first kappa shape index (κ1) is 28.5. The molecule has 3 aromatic carbocycles. The van der Waals surface area contributed by atoms with Gasteiger partial charge in [-0.05, 0) is 61.2 Å². The second-order valence-corrected chi connectivity index (χ2v) is 11.2. The topological polar surface area (TPSA) is 37.9 Å². The number of hydrogen-bond donors (Lipinski definition) is 0. The van der Waals surface area contributed by atoms with Crippen molar-refractivity contribution in [2.75, 3.05) is 11.9 Å². The van der Waals surface area contributed by atoms with Gasteiger partial charge in [0.05, 0.1) is 12.3 Å². The molecular formula is C34H30N5OPt-3. The van der Waals surface area contributed by atoms with Gasteiger partial charge in [-0.3, -0.25) is 4.85 Å². The van der Waals surface area contributed by atoms with E-state index in [1.165, 1.54) is 5.56 Å². The maximum atomic E-state index is 7.66. The van der Waals surface area contributed by atoms with Gasteiger partial charge in [-0.2, -0.15) is 12.7 Å². The fraction of sp³-hybridized carbons (Fsp3) is 0.206. The van der Waals surface area contributed by atoms with E-state index < -0.39 is 0 Å². The minimum atomic E-state index is -0.0104. The summed E-state index contributed by atoms with van der Waals surface area (Å²) in [5.74, 6) is 1.84. The molecule has 0 N–H and O–H groups in total. The Hall–Kier alpha value is -4.07. The van der Waals surface area contributed by atoms with Gasteiger partial charge < -0.3 is 19.1 Å². The van der Waals surface area contributed by atoms with Crippen LogP contribution in [0, 0.1) is 25.4 Å². The summed E-state index contributed by atoms with van der Waals surface area (Å²) in [6.07, 6.45) is 1.87. The molecule has 6 rings (SSSR count). The third kappa shape index (κ3) is 5.11. The molecule has 6 nitrogen and oxygen atoms in total. The Morgan fingerprint density at radius 1 is 0.927 bits per heavy atom. The summed E-state index contributed by atoms with van der Waals surface area (Å²) in [6, 6.07) is 26.9. The van der Waals surface area contributed by atoms with Crippen LogP contribution in [0.4, 0.5) is 11.4 Å². The van der Waals surface area contributed by atoms with E-state index in [1.54, 1.807) is 6.07 Å². The van der Waals surface area contributed by atoms with E-state index in [1.807, 2.05) is 49.1 Å². The van der Waals surface area contributed by atoms with Gasteiger partial charge in [0.25, 0.3) is 0 Å². The molecule has 0 fully saturated rings. The minimum Gasteiger partial charge on any atom is -0.510 e. The van der Waals surface area contributed by atoms with E-state index in [4.69, 9.17) is 16.3 Å². The predicted molar refractivity (Wildman–Crippen MR) is 161 cm³/mol. The van der Waals surface area contributed by atoms with Gasteiger partial charge in [0.15, 0.2) is 0 Å². The first-order chi connectivity index (χ1) is 19.1. The summed E-state index contributed by atoms with van der Waals surface area (Å²) in [4.78, 5) is 12.5. The van der Waals surface area contributed by atoms with Crippen LogP contribution < -0.4 is 9.64 Å². The molecule has 3 heterocycles. The molecule has 41 heavy (non-hydrogen) atoms. The molecule has 0 saturated heterocycles. The van der Waals surface area contributed by atoms with Gasteiger partial charge in [0.2, 0.25) is 0 Å². The summed E-state index contributed by atoms with van der Waals surface area (Å²) >= 11 is 0. The number of fused-ring (bicyclic) bond motifs is 3. The Morgan fingerprint density at radius 3 is 2.41 bits per heavy atom. The van der Waals surface area contributed by atoms with E-state index in [0.29, 0.717) is 17.2 Å². The third-order valence-corrected chi connectivity index (χ3v) is 7.52. The smallest absolute Gasteiger partial charge is 0.135 e. The SMILES string of the molecule is [C-]#[N+]c1cc(Oc2[c-]c3c(cc2)c2ccccc2n3-c2cc(C(C)(C)C)ccn2)[c-]c(N2[CH-]N(C)C(C)=C2C)c1.[Pt]. The van der Waals surface area contributed by atoms with E-state index in [9.17, 15) is 0 Å². The van der Waals surface area contributed by atoms with Crippen molar-refractivity contribution in [3.63, 3.8) is 0 Å². The number of nitrogens with zero attached hydrogens (tertiary/aromatic N) is 5. The summed E-state index contributed by atoms with van der Waals surface area (Å²) in [5, 5.41) is 2.19. The maximum absolute atomic E-state index is 7.66. The molecule has 2 aromatic heterocycles. The van der Waals surface area contributed by atoms with Crippen LogP contribution in [-0.4, -0.2) is 21.5 Å². The molecule has 0 aliphatic carbocycles. The van der Waals surface area contributed by atoms with Crippen molar-refractivity contribution in [2.45, 2.75) is 40.0 Å². The Labute approximate surface area is 255 Å². The van der Waals surface area contributed by atoms with Crippen molar-refractivity contribution in [3.8, 4) is 17.3 Å². The molecule has 0 bridgehead atoms. The monoisotopic (exact) mass is 719 g/mol. The maximum Gasteiger partial charge on any atom is 0.135 e. The van der Waals surface area contributed by atoms with Crippen molar-refractivity contribution < 1.29 is 25.8 Å². The van der Waals surface area contributed by atoms with Crippen LogP contribution in [0.1, 0.15) is 40.2 Å². The van der Waals surface area contributed by atoms with Crippen molar-refractivity contribution in [3.05, 3.63) is 114 Å². The molecule has 0 saturated carbocycles. The van der Waals surface area contributed by atoms with Crippen LogP contribution in [0.3, 0.4) is 0 Å². The molecule has 1 aliphatic heterocycles. The largest absolute Gasteiger partial charge is 0.510 e. The number of pyridine rings is 1. The van der Waals surface area contributed by atoms with Crippen LogP contribution in [0.5, 0.6) is 11.5 Å². The number of hydrogen-bond acceptors (Lipinski definition) is 4. The van der Waals surface area contributed by atoms with Gasteiger partial charge in [0.1, 0.15) is 5.82 Å². The fourth-order valence-corrected chi connectivity index (χ4v) is 5.08. The second-order valence-electron chi connectivity index (χ2n) is 11.2. The Kier molecular flexibility index (Phi) is 7.44. The Bertz CT molecular complexity index is 1860. The number of anilines is 1. The summed E-state index contributed by atoms with van der Waals surface area (Å²) in [5.41, 5.74) is 6.58. The molecule has 0 unspecified atom stereocenters. The molecular weight excluding hydrogens is 689 g/mol. The summed E-state index contributed by atoms with van der Waals surface area (Å²) < 4.78 is 8.47. The molecule has 7 heteroatoms. The molecule has 0 radical (unpaired) electrons. The van der Waals surface area contributed by atoms with Crippen LogP contribution in [-0.2, 0) is 26.5 Å². The zero-order valence-electron chi connectivity index (χ0n) is 23.9. The quantitative estimate of drug-likeness (QED) is 0.175. The van der Waals surface area contributed by atoms with Crippen LogP contribution in [0.25, 0.3) is 32.5 Å². The van der Waals surface area contributed by atoms with E-state index in [2.05, 4.69) is 91.4 Å². The standard InChI is InChI=1S/C34H30N5O.Pt/c1-22-23(2)38(21-37(22)7)26-17-25(35-6)18-28(19-26)40-27-12-13-30-29-10-8-9-11-31(29)39(32(30)20-27)33-16-24(14-15-36-33)34(3,4)5;/h8-18,21H,1-5,7H3;/q-3;. The van der Waals surface area contributed by atoms with Gasteiger partial charge in [-0.15, -0.1) is 41.4 Å². The molecule has 1 aliphatic rings. The van der Waals surface area contributed by atoms with Crippen LogP contribution in [0.2, 0.25) is 0 Å². The first-order valence-corrected chi connectivity index (χ1v) is 13.2. The normalized spacial score (nSPS) is 13.6. The number of ether oxygens (including phenoxy) is 1. The van der Waals surface area contributed by atoms with Crippen LogP contribution >= 0.6 is 0 Å². The number of benzene rings is 3. The zero-order valence-corrected chi connectivity index (χ0v) is 26.2. The van der Waals surface area contributed by atoms with E-state index >= 15 is 0 Å². The van der Waals surface area contributed by atoms with Gasteiger partial charge in [-0.25, -0.2) is 4.98 Å². The zero-order chi connectivity index (χ0) is 28.2. The average molecular weight is 720 g/mol. The van der Waals surface area contributed by atoms with Gasteiger partial charge in [-0.1, -0.05) is 44.5 Å².